The Bertz CT molecular complexity index is 878. The molecule has 0 saturated carbocycles. The minimum atomic E-state index is 0.142. The molecule has 1 heterocycles. The first kappa shape index (κ1) is 20.3. The van der Waals surface area contributed by atoms with E-state index in [0.717, 1.165) is 29.9 Å². The number of hydrogen-bond donors (Lipinski definition) is 2. The summed E-state index contributed by atoms with van der Waals surface area (Å²) in [5.41, 5.74) is 5.51. The number of benzene rings is 2. The van der Waals surface area contributed by atoms with E-state index in [0.29, 0.717) is 17.5 Å². The minimum absolute atomic E-state index is 0.142. The summed E-state index contributed by atoms with van der Waals surface area (Å²) in [7, 11) is 0. The number of carbonyl (C=O) groups is 1. The lowest BCUT2D eigenvalue weighted by molar-refractivity contribution is -0.117. The second-order valence-electron chi connectivity index (χ2n) is 7.83. The van der Waals surface area contributed by atoms with Crippen molar-refractivity contribution in [2.45, 2.75) is 46.6 Å². The summed E-state index contributed by atoms with van der Waals surface area (Å²) in [4.78, 5) is 13.9. The zero-order valence-corrected chi connectivity index (χ0v) is 17.9. The van der Waals surface area contributed by atoms with Gasteiger partial charge in [-0.1, -0.05) is 38.1 Å². The van der Waals surface area contributed by atoms with Crippen LogP contribution in [0.5, 0.6) is 0 Å². The monoisotopic (exact) mass is 395 g/mol. The lowest BCUT2D eigenvalue weighted by Gasteiger charge is -2.26. The van der Waals surface area contributed by atoms with E-state index in [4.69, 9.17) is 12.2 Å². The maximum Gasteiger partial charge on any atom is 0.227 e. The lowest BCUT2D eigenvalue weighted by Crippen LogP contribution is -2.35. The molecular weight excluding hydrogens is 366 g/mol. The average Bonchev–Trinajstić information content (AvgIpc) is 3.06. The largest absolute Gasteiger partial charge is 0.355 e. The molecule has 1 aliphatic rings. The smallest absolute Gasteiger partial charge is 0.227 e. The summed E-state index contributed by atoms with van der Waals surface area (Å²) in [5, 5.41) is 7.38. The van der Waals surface area contributed by atoms with Gasteiger partial charge in [-0.3, -0.25) is 4.79 Å². The molecule has 2 aromatic carbocycles. The fourth-order valence-electron chi connectivity index (χ4n) is 3.79. The van der Waals surface area contributed by atoms with Gasteiger partial charge in [0.25, 0.3) is 0 Å². The fourth-order valence-corrected chi connectivity index (χ4v) is 4.03. The molecule has 1 saturated heterocycles. The van der Waals surface area contributed by atoms with Crippen LogP contribution in [0.25, 0.3) is 0 Å². The van der Waals surface area contributed by atoms with Crippen molar-refractivity contribution in [1.82, 2.24) is 5.32 Å². The van der Waals surface area contributed by atoms with Gasteiger partial charge in [0.2, 0.25) is 5.91 Å². The molecule has 3 rings (SSSR count). The molecule has 5 heteroatoms. The maximum absolute atomic E-state index is 12.0. The molecule has 0 unspecified atom stereocenters. The number of thiocarbonyl (C=S) groups is 1. The first-order chi connectivity index (χ1) is 13.4. The molecule has 0 spiro atoms. The average molecular weight is 396 g/mol. The standard InChI is InChI=1S/C23H29N3OS/c1-15(2)22(19-9-6-5-8-16(19)3)25-23(28)24-18-11-12-20(17(4)14-18)26-13-7-10-21(26)27/h5-6,8-9,11-12,14-15,22H,7,10,13H2,1-4H3,(H2,24,25,28)/t22-/m1/s1. The Morgan fingerprint density at radius 3 is 2.46 bits per heavy atom. The van der Waals surface area contributed by atoms with E-state index >= 15 is 0 Å². The number of amides is 1. The second kappa shape index (κ2) is 8.74. The molecule has 2 aromatic rings. The number of anilines is 2. The number of carbonyl (C=O) groups excluding carboxylic acids is 1. The summed E-state index contributed by atoms with van der Waals surface area (Å²) in [6, 6.07) is 14.6. The predicted octanol–water partition coefficient (Wildman–Crippen LogP) is 5.11. The molecule has 1 fully saturated rings. The van der Waals surface area contributed by atoms with Crippen molar-refractivity contribution in [2.24, 2.45) is 5.92 Å². The summed E-state index contributed by atoms with van der Waals surface area (Å²) in [6.07, 6.45) is 1.57. The molecule has 0 radical (unpaired) electrons. The maximum atomic E-state index is 12.0. The van der Waals surface area contributed by atoms with Crippen molar-refractivity contribution in [2.75, 3.05) is 16.8 Å². The van der Waals surface area contributed by atoms with Gasteiger partial charge in [0.1, 0.15) is 0 Å². The summed E-state index contributed by atoms with van der Waals surface area (Å²) < 4.78 is 0. The SMILES string of the molecule is Cc1ccccc1[C@H](NC(=S)Nc1ccc(N2CCCC2=O)c(C)c1)C(C)C. The number of rotatable bonds is 5. The Labute approximate surface area is 173 Å². The zero-order chi connectivity index (χ0) is 20.3. The Kier molecular flexibility index (Phi) is 6.35. The van der Waals surface area contributed by atoms with Gasteiger partial charge in [0, 0.05) is 24.3 Å². The third-order valence-corrected chi connectivity index (χ3v) is 5.52. The van der Waals surface area contributed by atoms with Gasteiger partial charge in [0.15, 0.2) is 5.11 Å². The van der Waals surface area contributed by atoms with Crippen LogP contribution in [-0.4, -0.2) is 17.6 Å². The topological polar surface area (TPSA) is 44.4 Å². The van der Waals surface area contributed by atoms with Crippen LogP contribution in [0.15, 0.2) is 42.5 Å². The highest BCUT2D eigenvalue weighted by Gasteiger charge is 2.23. The first-order valence-electron chi connectivity index (χ1n) is 9.91. The van der Waals surface area contributed by atoms with Gasteiger partial charge in [-0.15, -0.1) is 0 Å². The van der Waals surface area contributed by atoms with Crippen molar-refractivity contribution in [3.63, 3.8) is 0 Å². The van der Waals surface area contributed by atoms with E-state index in [2.05, 4.69) is 55.7 Å². The zero-order valence-electron chi connectivity index (χ0n) is 17.1. The van der Waals surface area contributed by atoms with Gasteiger partial charge in [0.05, 0.1) is 6.04 Å². The van der Waals surface area contributed by atoms with E-state index in [1.165, 1.54) is 11.1 Å². The summed E-state index contributed by atoms with van der Waals surface area (Å²) >= 11 is 5.59. The van der Waals surface area contributed by atoms with Crippen LogP contribution in [0, 0.1) is 19.8 Å². The molecule has 1 atom stereocenters. The van der Waals surface area contributed by atoms with E-state index in [1.807, 2.05) is 30.0 Å². The van der Waals surface area contributed by atoms with Gasteiger partial charge < -0.3 is 15.5 Å². The molecule has 0 aliphatic carbocycles. The van der Waals surface area contributed by atoms with E-state index in [1.54, 1.807) is 0 Å². The van der Waals surface area contributed by atoms with Gasteiger partial charge in [-0.25, -0.2) is 0 Å². The van der Waals surface area contributed by atoms with E-state index < -0.39 is 0 Å². The van der Waals surface area contributed by atoms with Crippen LogP contribution in [0.3, 0.4) is 0 Å². The number of nitrogens with one attached hydrogen (secondary N) is 2. The van der Waals surface area contributed by atoms with Gasteiger partial charge >= 0.3 is 0 Å². The summed E-state index contributed by atoms with van der Waals surface area (Å²) in [5.74, 6) is 0.602. The van der Waals surface area contributed by atoms with Gasteiger partial charge in [-0.05, 0) is 73.3 Å². The normalized spacial score (nSPS) is 15.0. The van der Waals surface area contributed by atoms with Crippen molar-refractivity contribution in [1.29, 1.82) is 0 Å². The van der Waals surface area contributed by atoms with Crippen LogP contribution in [0.2, 0.25) is 0 Å². The van der Waals surface area contributed by atoms with Crippen LogP contribution >= 0.6 is 12.2 Å². The Morgan fingerprint density at radius 1 is 1.11 bits per heavy atom. The Balaban J connectivity index is 1.71. The lowest BCUT2D eigenvalue weighted by atomic mass is 9.93. The van der Waals surface area contributed by atoms with Gasteiger partial charge in [-0.2, -0.15) is 0 Å². The Morgan fingerprint density at radius 2 is 1.86 bits per heavy atom. The second-order valence-corrected chi connectivity index (χ2v) is 8.24. The fraction of sp³-hybridized carbons (Fsp3) is 0.391. The number of nitrogens with zero attached hydrogens (tertiary/aromatic N) is 1. The Hall–Kier alpha value is -2.40. The molecule has 0 bridgehead atoms. The predicted molar refractivity (Wildman–Crippen MR) is 121 cm³/mol. The van der Waals surface area contributed by atoms with E-state index in [9.17, 15) is 4.79 Å². The van der Waals surface area contributed by atoms with Crippen LogP contribution in [0.4, 0.5) is 11.4 Å². The number of hydrogen-bond acceptors (Lipinski definition) is 2. The van der Waals surface area contributed by atoms with E-state index in [-0.39, 0.29) is 11.9 Å². The third kappa shape index (κ3) is 4.53. The summed E-state index contributed by atoms with van der Waals surface area (Å²) in [6.45, 7) is 9.35. The van der Waals surface area contributed by atoms with Crippen molar-refractivity contribution >= 4 is 34.6 Å². The highest BCUT2D eigenvalue weighted by Crippen LogP contribution is 2.28. The van der Waals surface area contributed by atoms with Crippen LogP contribution in [-0.2, 0) is 4.79 Å². The molecule has 2 N–H and O–H groups in total. The molecule has 28 heavy (non-hydrogen) atoms. The molecule has 4 nitrogen and oxygen atoms in total. The molecule has 148 valence electrons. The van der Waals surface area contributed by atoms with Crippen molar-refractivity contribution < 1.29 is 4.79 Å². The van der Waals surface area contributed by atoms with Crippen LogP contribution < -0.4 is 15.5 Å². The molecule has 1 aliphatic heterocycles. The first-order valence-corrected chi connectivity index (χ1v) is 10.3. The molecule has 1 amide bonds. The highest BCUT2D eigenvalue weighted by atomic mass is 32.1. The number of aryl methyl sites for hydroxylation is 2. The van der Waals surface area contributed by atoms with Crippen LogP contribution in [0.1, 0.15) is 49.4 Å². The molecule has 0 aromatic heterocycles. The molecular formula is C23H29N3OS. The highest BCUT2D eigenvalue weighted by molar-refractivity contribution is 7.80. The third-order valence-electron chi connectivity index (χ3n) is 5.30. The quantitative estimate of drug-likeness (QED) is 0.690. The van der Waals surface area contributed by atoms with Crippen molar-refractivity contribution in [3.8, 4) is 0 Å². The van der Waals surface area contributed by atoms with Crippen molar-refractivity contribution in [3.05, 3.63) is 59.2 Å². The minimum Gasteiger partial charge on any atom is -0.355 e.